The Balaban J connectivity index is 1.45. The van der Waals surface area contributed by atoms with Crippen molar-refractivity contribution in [3.63, 3.8) is 0 Å². The molecule has 1 aliphatic heterocycles. The summed E-state index contributed by atoms with van der Waals surface area (Å²) in [4.78, 5) is 33.5. The zero-order valence-corrected chi connectivity index (χ0v) is 28.1. The maximum atomic E-state index is 14.5. The van der Waals surface area contributed by atoms with Crippen LogP contribution in [0.3, 0.4) is 0 Å². The van der Waals surface area contributed by atoms with Gasteiger partial charge in [-0.3, -0.25) is 9.36 Å². The van der Waals surface area contributed by atoms with Crippen molar-refractivity contribution in [1.82, 2.24) is 4.57 Å². The third kappa shape index (κ3) is 6.14. The van der Waals surface area contributed by atoms with Crippen molar-refractivity contribution in [3.8, 4) is 5.75 Å². The predicted octanol–water partition coefficient (Wildman–Crippen LogP) is 7.57. The number of fused-ring (bicyclic) bond motifs is 2. The van der Waals surface area contributed by atoms with Crippen molar-refractivity contribution in [2.75, 3.05) is 6.61 Å². The van der Waals surface area contributed by atoms with Gasteiger partial charge in [0, 0.05) is 15.6 Å². The lowest BCUT2D eigenvalue weighted by molar-refractivity contribution is -0.138. The van der Waals surface area contributed by atoms with Gasteiger partial charge in [-0.15, -0.1) is 0 Å². The maximum Gasteiger partial charge on any atom is 0.338 e. The van der Waals surface area contributed by atoms with Gasteiger partial charge in [0.2, 0.25) is 0 Å². The molecule has 0 spiro atoms. The van der Waals surface area contributed by atoms with E-state index in [4.69, 9.17) is 14.5 Å². The average Bonchev–Trinajstić information content (AvgIpc) is 3.42. The Bertz CT molecular complexity index is 2370. The van der Waals surface area contributed by atoms with E-state index in [1.54, 1.807) is 19.1 Å². The lowest BCUT2D eigenvalue weighted by atomic mass is 9.93. The number of hydrogen-bond donors (Lipinski definition) is 0. The van der Waals surface area contributed by atoms with E-state index in [1.807, 2.05) is 97.1 Å². The van der Waals surface area contributed by atoms with Gasteiger partial charge in [0.25, 0.3) is 5.56 Å². The summed E-state index contributed by atoms with van der Waals surface area (Å²) in [5, 5.41) is 1.91. The molecule has 0 saturated heterocycles. The van der Waals surface area contributed by atoms with Gasteiger partial charge in [-0.25, -0.2) is 14.2 Å². The van der Waals surface area contributed by atoms with Gasteiger partial charge in [-0.2, -0.15) is 0 Å². The SMILES string of the molecule is CCOC(=O)C1=C(c2ccccc2)N=c2s/c(=C\c3c(OCc4ccc(Br)cc4)ccc4ccccc34)c(=O)n2[C@H]1c1ccc(F)cc1. The van der Waals surface area contributed by atoms with Crippen molar-refractivity contribution in [2.45, 2.75) is 19.6 Å². The van der Waals surface area contributed by atoms with Crippen LogP contribution in [0, 0.1) is 5.82 Å². The molecule has 7 rings (SSSR count). The van der Waals surface area contributed by atoms with Gasteiger partial charge in [0.1, 0.15) is 18.2 Å². The number of halogens is 2. The fraction of sp³-hybridized carbons (Fsp3) is 0.103. The third-order valence-corrected chi connectivity index (χ3v) is 9.58. The standard InChI is InChI=1S/C39H28BrFN2O4S/c1-2-46-38(45)34-35(26-9-4-3-5-10-26)42-39-43(36(34)27-14-19-29(41)20-15-27)37(44)33(48-39)22-31-30-11-7-6-8-25(30)16-21-32(31)47-23-24-12-17-28(40)18-13-24/h3-22,36H,2,23H2,1H3/b33-22-/t36-/m0/s1. The van der Waals surface area contributed by atoms with E-state index in [0.29, 0.717) is 38.5 Å². The van der Waals surface area contributed by atoms with Gasteiger partial charge >= 0.3 is 5.97 Å². The van der Waals surface area contributed by atoms with E-state index in [2.05, 4.69) is 15.9 Å². The van der Waals surface area contributed by atoms with Gasteiger partial charge in [0.15, 0.2) is 4.80 Å². The normalized spacial score (nSPS) is 14.5. The molecule has 48 heavy (non-hydrogen) atoms. The number of rotatable bonds is 8. The summed E-state index contributed by atoms with van der Waals surface area (Å²) in [6.45, 7) is 2.19. The number of ether oxygens (including phenoxy) is 2. The van der Waals surface area contributed by atoms with Crippen LogP contribution in [0.2, 0.25) is 0 Å². The molecule has 0 fully saturated rings. The zero-order chi connectivity index (χ0) is 33.2. The van der Waals surface area contributed by atoms with E-state index in [9.17, 15) is 14.0 Å². The van der Waals surface area contributed by atoms with Crippen molar-refractivity contribution >= 4 is 55.8 Å². The van der Waals surface area contributed by atoms with Gasteiger partial charge in [-0.1, -0.05) is 112 Å². The minimum Gasteiger partial charge on any atom is -0.488 e. The number of carbonyl (C=O) groups excluding carboxylic acids is 1. The number of thiazole rings is 1. The zero-order valence-electron chi connectivity index (χ0n) is 25.7. The smallest absolute Gasteiger partial charge is 0.338 e. The first-order valence-electron chi connectivity index (χ1n) is 15.3. The first kappa shape index (κ1) is 31.5. The van der Waals surface area contributed by atoms with E-state index in [1.165, 1.54) is 28.0 Å². The van der Waals surface area contributed by atoms with Crippen molar-refractivity contribution in [1.29, 1.82) is 0 Å². The first-order valence-corrected chi connectivity index (χ1v) is 16.9. The largest absolute Gasteiger partial charge is 0.488 e. The maximum absolute atomic E-state index is 14.5. The molecule has 1 aromatic heterocycles. The summed E-state index contributed by atoms with van der Waals surface area (Å²) in [6, 6.07) is 34.0. The lowest BCUT2D eigenvalue weighted by Crippen LogP contribution is -2.40. The van der Waals surface area contributed by atoms with Gasteiger partial charge in [-0.05, 0) is 65.2 Å². The van der Waals surface area contributed by atoms with Crippen LogP contribution < -0.4 is 19.6 Å². The highest BCUT2D eigenvalue weighted by molar-refractivity contribution is 9.10. The van der Waals surface area contributed by atoms with Crippen LogP contribution in [0.1, 0.15) is 35.2 Å². The number of aromatic nitrogens is 1. The van der Waals surface area contributed by atoms with Gasteiger partial charge < -0.3 is 9.47 Å². The Hall–Kier alpha value is -5.12. The molecule has 1 atom stereocenters. The fourth-order valence-corrected chi connectivity index (χ4v) is 7.07. The van der Waals surface area contributed by atoms with Crippen molar-refractivity contribution in [3.05, 3.63) is 173 Å². The Kier molecular flexibility index (Phi) is 8.88. The molecule has 0 amide bonds. The molecule has 1 aliphatic rings. The predicted molar refractivity (Wildman–Crippen MR) is 190 cm³/mol. The third-order valence-electron chi connectivity index (χ3n) is 8.07. The van der Waals surface area contributed by atoms with Crippen LogP contribution in [0.25, 0.3) is 22.5 Å². The molecule has 0 radical (unpaired) electrons. The number of esters is 1. The van der Waals surface area contributed by atoms with Crippen LogP contribution in [0.4, 0.5) is 4.39 Å². The molecular weight excluding hydrogens is 691 g/mol. The Morgan fingerprint density at radius 3 is 2.42 bits per heavy atom. The van der Waals surface area contributed by atoms with Crippen LogP contribution in [0.15, 0.2) is 135 Å². The highest BCUT2D eigenvalue weighted by Gasteiger charge is 2.35. The number of nitrogens with zero attached hydrogens (tertiary/aromatic N) is 2. The van der Waals surface area contributed by atoms with E-state index in [0.717, 1.165) is 26.4 Å². The van der Waals surface area contributed by atoms with Crippen molar-refractivity contribution < 1.29 is 18.7 Å². The highest BCUT2D eigenvalue weighted by atomic mass is 79.9. The van der Waals surface area contributed by atoms with Crippen LogP contribution in [-0.2, 0) is 16.1 Å². The molecular formula is C39H28BrFN2O4S. The molecule has 6 nitrogen and oxygen atoms in total. The quantitative estimate of drug-likeness (QED) is 0.152. The monoisotopic (exact) mass is 718 g/mol. The van der Waals surface area contributed by atoms with Crippen molar-refractivity contribution in [2.24, 2.45) is 4.99 Å². The minimum absolute atomic E-state index is 0.134. The second-order valence-electron chi connectivity index (χ2n) is 11.1. The molecule has 6 aromatic rings. The first-order chi connectivity index (χ1) is 23.4. The van der Waals surface area contributed by atoms with E-state index < -0.39 is 17.8 Å². The molecule has 0 N–H and O–H groups in total. The number of carbonyl (C=O) groups is 1. The van der Waals surface area contributed by atoms with Crippen LogP contribution >= 0.6 is 27.3 Å². The summed E-state index contributed by atoms with van der Waals surface area (Å²) >= 11 is 4.70. The van der Waals surface area contributed by atoms with Crippen LogP contribution in [-0.4, -0.2) is 17.1 Å². The van der Waals surface area contributed by atoms with Gasteiger partial charge in [0.05, 0.1) is 28.5 Å². The second kappa shape index (κ2) is 13.5. The Morgan fingerprint density at radius 2 is 1.67 bits per heavy atom. The Morgan fingerprint density at radius 1 is 0.938 bits per heavy atom. The molecule has 5 aromatic carbocycles. The molecule has 2 heterocycles. The van der Waals surface area contributed by atoms with E-state index >= 15 is 0 Å². The summed E-state index contributed by atoms with van der Waals surface area (Å²) < 4.78 is 28.9. The average molecular weight is 720 g/mol. The van der Waals surface area contributed by atoms with Crippen LogP contribution in [0.5, 0.6) is 5.75 Å². The summed E-state index contributed by atoms with van der Waals surface area (Å²) in [6.07, 6.45) is 1.83. The molecule has 9 heteroatoms. The molecule has 0 aliphatic carbocycles. The lowest BCUT2D eigenvalue weighted by Gasteiger charge is -2.25. The minimum atomic E-state index is -0.904. The molecule has 0 bridgehead atoms. The topological polar surface area (TPSA) is 69.9 Å². The van der Waals surface area contributed by atoms with E-state index in [-0.39, 0.29) is 17.7 Å². The molecule has 238 valence electrons. The Labute approximate surface area is 287 Å². The fourth-order valence-electron chi connectivity index (χ4n) is 5.82. The highest BCUT2D eigenvalue weighted by Crippen LogP contribution is 2.35. The molecule has 0 unspecified atom stereocenters. The number of hydrogen-bond acceptors (Lipinski definition) is 6. The number of benzene rings is 5. The summed E-state index contributed by atoms with van der Waals surface area (Å²) in [5.41, 5.74) is 3.27. The molecule has 0 saturated carbocycles. The summed E-state index contributed by atoms with van der Waals surface area (Å²) in [7, 11) is 0. The summed E-state index contributed by atoms with van der Waals surface area (Å²) in [5.74, 6) is -0.404. The second-order valence-corrected chi connectivity index (χ2v) is 13.0.